The fourth-order valence-electron chi connectivity index (χ4n) is 3.03. The van der Waals surface area contributed by atoms with Gasteiger partial charge in [0.05, 0.1) is 5.25 Å². The molecule has 0 saturated heterocycles. The highest BCUT2D eigenvalue weighted by atomic mass is 32.2. The molecule has 1 atom stereocenters. The van der Waals surface area contributed by atoms with Gasteiger partial charge in [-0.3, -0.25) is 9.36 Å². The van der Waals surface area contributed by atoms with Crippen molar-refractivity contribution in [1.29, 1.82) is 0 Å². The lowest BCUT2D eigenvalue weighted by molar-refractivity contribution is -0.115. The summed E-state index contributed by atoms with van der Waals surface area (Å²) in [5.74, 6) is 1.58. The van der Waals surface area contributed by atoms with Crippen molar-refractivity contribution in [2.75, 3.05) is 5.32 Å². The first-order chi connectivity index (χ1) is 14.9. The van der Waals surface area contributed by atoms with E-state index in [2.05, 4.69) is 20.7 Å². The molecule has 2 aromatic heterocycles. The molecule has 0 saturated carbocycles. The number of benzene rings is 2. The van der Waals surface area contributed by atoms with Gasteiger partial charge in [0.2, 0.25) is 5.91 Å². The number of thioether (sulfide) groups is 1. The zero-order valence-corrected chi connectivity index (χ0v) is 18.6. The van der Waals surface area contributed by atoms with Crippen LogP contribution < -0.4 is 5.32 Å². The van der Waals surface area contributed by atoms with Crippen molar-refractivity contribution >= 4 is 23.5 Å². The zero-order valence-electron chi connectivity index (χ0n) is 17.8. The maximum atomic E-state index is 12.7. The van der Waals surface area contributed by atoms with E-state index >= 15 is 0 Å². The molecule has 0 aliphatic heterocycles. The molecule has 0 bridgehead atoms. The second-order valence-corrected chi connectivity index (χ2v) is 8.72. The van der Waals surface area contributed by atoms with E-state index in [9.17, 15) is 4.79 Å². The van der Waals surface area contributed by atoms with Crippen molar-refractivity contribution in [2.24, 2.45) is 0 Å². The van der Waals surface area contributed by atoms with E-state index in [1.807, 2.05) is 73.9 Å². The molecule has 0 aliphatic rings. The Bertz CT molecular complexity index is 1200. The lowest BCUT2D eigenvalue weighted by Gasteiger charge is -2.13. The van der Waals surface area contributed by atoms with Gasteiger partial charge in [-0.1, -0.05) is 64.4 Å². The number of aromatic nitrogens is 4. The monoisotopic (exact) mass is 433 g/mol. The molecule has 1 amide bonds. The van der Waals surface area contributed by atoms with Crippen LogP contribution in [0.4, 0.5) is 5.82 Å². The normalized spacial score (nSPS) is 12.0. The summed E-state index contributed by atoms with van der Waals surface area (Å²) >= 11 is 1.34. The van der Waals surface area contributed by atoms with E-state index in [4.69, 9.17) is 4.52 Å². The van der Waals surface area contributed by atoms with Crippen LogP contribution in [0.3, 0.4) is 0 Å². The Balaban J connectivity index is 1.66. The standard InChI is InChI=1S/C23H23N5O2S/c1-14-5-9-18(10-6-14)21-25-26-23(28(21)19-11-7-15(2)8-12-19)31-17(4)22(29)24-20-13-16(3)30-27-20/h5-13,17H,1-4H3,(H,24,27,29). The van der Waals surface area contributed by atoms with Gasteiger partial charge in [-0.2, -0.15) is 0 Å². The van der Waals surface area contributed by atoms with Crippen molar-refractivity contribution in [1.82, 2.24) is 19.9 Å². The second-order valence-electron chi connectivity index (χ2n) is 7.42. The summed E-state index contributed by atoms with van der Waals surface area (Å²) in [6, 6.07) is 18.0. The van der Waals surface area contributed by atoms with Crippen LogP contribution in [0.25, 0.3) is 17.1 Å². The number of carbonyl (C=O) groups is 1. The van der Waals surface area contributed by atoms with Crippen molar-refractivity contribution in [3.63, 3.8) is 0 Å². The highest BCUT2D eigenvalue weighted by Crippen LogP contribution is 2.30. The molecule has 0 spiro atoms. The maximum absolute atomic E-state index is 12.7. The van der Waals surface area contributed by atoms with Crippen LogP contribution in [0.5, 0.6) is 0 Å². The molecule has 158 valence electrons. The van der Waals surface area contributed by atoms with Gasteiger partial charge in [-0.25, -0.2) is 0 Å². The van der Waals surface area contributed by atoms with Crippen molar-refractivity contribution in [3.05, 3.63) is 71.5 Å². The third-order valence-corrected chi connectivity index (χ3v) is 5.81. The Hall–Kier alpha value is -3.39. The van der Waals surface area contributed by atoms with E-state index in [0.717, 1.165) is 17.1 Å². The number of carbonyl (C=O) groups excluding carboxylic acids is 1. The largest absolute Gasteiger partial charge is 0.360 e. The number of hydrogen-bond donors (Lipinski definition) is 1. The first-order valence-electron chi connectivity index (χ1n) is 9.91. The predicted molar refractivity (Wildman–Crippen MR) is 121 cm³/mol. The molecule has 0 aliphatic carbocycles. The van der Waals surface area contributed by atoms with Crippen LogP contribution in [0, 0.1) is 20.8 Å². The average molecular weight is 434 g/mol. The van der Waals surface area contributed by atoms with E-state index < -0.39 is 5.25 Å². The smallest absolute Gasteiger partial charge is 0.238 e. The molecule has 31 heavy (non-hydrogen) atoms. The molecule has 0 fully saturated rings. The van der Waals surface area contributed by atoms with Crippen LogP contribution >= 0.6 is 11.8 Å². The van der Waals surface area contributed by atoms with Gasteiger partial charge in [0, 0.05) is 17.3 Å². The highest BCUT2D eigenvalue weighted by Gasteiger charge is 2.22. The Labute approximate surface area is 184 Å². The van der Waals surface area contributed by atoms with Crippen LogP contribution in [-0.4, -0.2) is 31.1 Å². The minimum absolute atomic E-state index is 0.186. The van der Waals surface area contributed by atoms with Gasteiger partial charge >= 0.3 is 0 Å². The maximum Gasteiger partial charge on any atom is 0.238 e. The van der Waals surface area contributed by atoms with Crippen LogP contribution in [-0.2, 0) is 4.79 Å². The number of anilines is 1. The number of rotatable bonds is 6. The molecule has 4 rings (SSSR count). The fourth-order valence-corrected chi connectivity index (χ4v) is 3.89. The molecule has 2 heterocycles. The first kappa shape index (κ1) is 20.9. The summed E-state index contributed by atoms with van der Waals surface area (Å²) in [5, 5.41) is 15.7. The average Bonchev–Trinajstić information content (AvgIpc) is 3.35. The van der Waals surface area contributed by atoms with Crippen LogP contribution in [0.15, 0.2) is 64.3 Å². The highest BCUT2D eigenvalue weighted by molar-refractivity contribution is 8.00. The van der Waals surface area contributed by atoms with Crippen LogP contribution in [0.1, 0.15) is 23.8 Å². The molecule has 0 radical (unpaired) electrons. The fraction of sp³-hybridized carbons (Fsp3) is 0.217. The summed E-state index contributed by atoms with van der Waals surface area (Å²) in [7, 11) is 0. The number of amides is 1. The van der Waals surface area contributed by atoms with E-state index in [0.29, 0.717) is 16.7 Å². The molecule has 7 nitrogen and oxygen atoms in total. The van der Waals surface area contributed by atoms with Gasteiger partial charge in [0.15, 0.2) is 16.8 Å². The van der Waals surface area contributed by atoms with E-state index in [1.165, 1.54) is 22.9 Å². The minimum atomic E-state index is -0.420. The summed E-state index contributed by atoms with van der Waals surface area (Å²) in [6.45, 7) is 7.70. The Kier molecular flexibility index (Phi) is 5.90. The van der Waals surface area contributed by atoms with Gasteiger partial charge in [-0.05, 0) is 39.8 Å². The van der Waals surface area contributed by atoms with Crippen molar-refractivity contribution in [2.45, 2.75) is 38.1 Å². The SMILES string of the molecule is Cc1ccc(-c2nnc(SC(C)C(=O)Nc3cc(C)on3)n2-c2ccc(C)cc2)cc1. The van der Waals surface area contributed by atoms with Crippen molar-refractivity contribution in [3.8, 4) is 17.1 Å². The van der Waals surface area contributed by atoms with E-state index in [1.54, 1.807) is 13.0 Å². The topological polar surface area (TPSA) is 85.8 Å². The third-order valence-electron chi connectivity index (χ3n) is 4.77. The zero-order chi connectivity index (χ0) is 22.0. The predicted octanol–water partition coefficient (Wildman–Crippen LogP) is 4.97. The van der Waals surface area contributed by atoms with Gasteiger partial charge < -0.3 is 9.84 Å². The molecule has 2 aromatic carbocycles. The summed E-state index contributed by atoms with van der Waals surface area (Å²) in [5.41, 5.74) is 4.24. The quantitative estimate of drug-likeness (QED) is 0.432. The number of nitrogens with one attached hydrogen (secondary N) is 1. The third kappa shape index (κ3) is 4.69. The van der Waals surface area contributed by atoms with Crippen molar-refractivity contribution < 1.29 is 9.32 Å². The Morgan fingerprint density at radius 2 is 1.65 bits per heavy atom. The Morgan fingerprint density at radius 1 is 1.00 bits per heavy atom. The molecule has 1 unspecified atom stereocenters. The lowest BCUT2D eigenvalue weighted by Crippen LogP contribution is -2.23. The summed E-state index contributed by atoms with van der Waals surface area (Å²) in [4.78, 5) is 12.7. The van der Waals surface area contributed by atoms with Gasteiger partial charge in [0.25, 0.3) is 0 Å². The molecule has 8 heteroatoms. The van der Waals surface area contributed by atoms with Gasteiger partial charge in [-0.15, -0.1) is 10.2 Å². The van der Waals surface area contributed by atoms with Gasteiger partial charge in [0.1, 0.15) is 5.76 Å². The van der Waals surface area contributed by atoms with E-state index in [-0.39, 0.29) is 5.91 Å². The second kappa shape index (κ2) is 8.77. The van der Waals surface area contributed by atoms with Crippen LogP contribution in [0.2, 0.25) is 0 Å². The summed E-state index contributed by atoms with van der Waals surface area (Å²) < 4.78 is 7.00. The number of hydrogen-bond acceptors (Lipinski definition) is 6. The first-order valence-corrected chi connectivity index (χ1v) is 10.8. The minimum Gasteiger partial charge on any atom is -0.360 e. The summed E-state index contributed by atoms with van der Waals surface area (Å²) in [6.07, 6.45) is 0. The molecule has 1 N–H and O–H groups in total. The molecule has 4 aromatic rings. The lowest BCUT2D eigenvalue weighted by atomic mass is 10.1. The number of nitrogens with zero attached hydrogens (tertiary/aromatic N) is 4. The Morgan fingerprint density at radius 3 is 2.26 bits per heavy atom. The molecular formula is C23H23N5O2S. The number of aryl methyl sites for hydroxylation is 3. The molecular weight excluding hydrogens is 410 g/mol.